The molecule has 2 aromatic rings. The fourth-order valence-electron chi connectivity index (χ4n) is 4.25. The molecule has 1 atom stereocenters. The minimum absolute atomic E-state index is 0.0708. The molecule has 0 aliphatic carbocycles. The molecular weight excluding hydrogens is 503 g/mol. The number of piperidine rings is 1. The first-order chi connectivity index (χ1) is 16.4. The van der Waals surface area contributed by atoms with Crippen molar-refractivity contribution in [1.82, 2.24) is 29.5 Å². The maximum atomic E-state index is 14.5. The summed E-state index contributed by atoms with van der Waals surface area (Å²) in [6.07, 6.45) is 1.05. The molecule has 11 nitrogen and oxygen atoms in total. The second-order valence-electron chi connectivity index (χ2n) is 8.47. The van der Waals surface area contributed by atoms with Gasteiger partial charge in [-0.15, -0.1) is 0 Å². The Morgan fingerprint density at radius 2 is 1.97 bits per heavy atom. The van der Waals surface area contributed by atoms with Crippen molar-refractivity contribution >= 4 is 50.6 Å². The van der Waals surface area contributed by atoms with E-state index in [1.54, 1.807) is 13.1 Å². The number of hydrogen-bond donors (Lipinski definition) is 4. The number of nitrogens with zero attached hydrogens (tertiary/aromatic N) is 2. The Morgan fingerprint density at radius 1 is 1.26 bits per heavy atom. The predicted molar refractivity (Wildman–Crippen MR) is 129 cm³/mol. The number of nitrogens with one attached hydrogen (secondary N) is 4. The van der Waals surface area contributed by atoms with E-state index in [9.17, 15) is 27.2 Å². The van der Waals surface area contributed by atoms with Gasteiger partial charge in [0.2, 0.25) is 5.91 Å². The summed E-state index contributed by atoms with van der Waals surface area (Å²) in [6, 6.07) is 3.50. The van der Waals surface area contributed by atoms with Gasteiger partial charge in [0.05, 0.1) is 16.1 Å². The molecule has 0 saturated carbocycles. The molecule has 1 fully saturated rings. The van der Waals surface area contributed by atoms with Crippen LogP contribution in [0.15, 0.2) is 18.2 Å². The molecule has 2 heterocycles. The van der Waals surface area contributed by atoms with E-state index in [-0.39, 0.29) is 48.1 Å². The molecule has 1 aromatic heterocycles. The van der Waals surface area contributed by atoms with Crippen molar-refractivity contribution < 1.29 is 27.2 Å². The summed E-state index contributed by atoms with van der Waals surface area (Å²) in [4.78, 5) is 36.4. The molecule has 0 radical (unpaired) electrons. The van der Waals surface area contributed by atoms with Crippen LogP contribution in [0.4, 0.5) is 9.18 Å². The van der Waals surface area contributed by atoms with Crippen molar-refractivity contribution in [3.8, 4) is 0 Å². The summed E-state index contributed by atoms with van der Waals surface area (Å²) in [5.41, 5.74) is -0.433. The largest absolute Gasteiger partial charge is 0.356 e. The molecule has 1 unspecified atom stereocenters. The van der Waals surface area contributed by atoms with Crippen LogP contribution in [0.5, 0.6) is 0 Å². The van der Waals surface area contributed by atoms with Gasteiger partial charge in [-0.1, -0.05) is 11.6 Å². The second kappa shape index (κ2) is 10.4. The van der Waals surface area contributed by atoms with Gasteiger partial charge in [-0.25, -0.2) is 13.9 Å². The number of amides is 4. The number of aromatic nitrogens is 1. The predicted octanol–water partition coefficient (Wildman–Crippen LogP) is 1.24. The molecule has 14 heteroatoms. The molecule has 192 valence electrons. The van der Waals surface area contributed by atoms with E-state index in [2.05, 4.69) is 16.0 Å². The van der Waals surface area contributed by atoms with E-state index in [0.717, 1.165) is 4.31 Å². The van der Waals surface area contributed by atoms with Crippen LogP contribution in [0.25, 0.3) is 10.9 Å². The summed E-state index contributed by atoms with van der Waals surface area (Å²) < 4.78 is 44.5. The number of urea groups is 1. The number of aryl methyl sites for hydroxylation is 1. The van der Waals surface area contributed by atoms with Crippen molar-refractivity contribution in [2.24, 2.45) is 7.05 Å². The number of rotatable bonds is 7. The summed E-state index contributed by atoms with van der Waals surface area (Å²) in [5, 5.41) is 7.89. The topological polar surface area (TPSA) is 142 Å². The molecule has 35 heavy (non-hydrogen) atoms. The first-order valence-corrected chi connectivity index (χ1v) is 12.7. The van der Waals surface area contributed by atoms with Crippen molar-refractivity contribution in [2.75, 3.05) is 26.7 Å². The molecule has 3 rings (SSSR count). The van der Waals surface area contributed by atoms with Gasteiger partial charge in [0.15, 0.2) is 5.82 Å². The van der Waals surface area contributed by atoms with E-state index < -0.39 is 33.5 Å². The maximum Gasteiger partial charge on any atom is 0.329 e. The zero-order valence-corrected chi connectivity index (χ0v) is 21.1. The minimum Gasteiger partial charge on any atom is -0.356 e. The Bertz CT molecular complexity index is 1270. The van der Waals surface area contributed by atoms with E-state index >= 15 is 0 Å². The van der Waals surface area contributed by atoms with Gasteiger partial charge < -0.3 is 20.5 Å². The van der Waals surface area contributed by atoms with Crippen LogP contribution >= 0.6 is 11.6 Å². The van der Waals surface area contributed by atoms with Crippen LogP contribution < -0.4 is 20.7 Å². The number of benzene rings is 1. The van der Waals surface area contributed by atoms with Gasteiger partial charge in [0.25, 0.3) is 5.91 Å². The van der Waals surface area contributed by atoms with Gasteiger partial charge in [-0.2, -0.15) is 12.7 Å². The normalized spacial score (nSPS) is 18.8. The first kappa shape index (κ1) is 26.7. The summed E-state index contributed by atoms with van der Waals surface area (Å²) in [7, 11) is -1.28. The highest BCUT2D eigenvalue weighted by atomic mass is 35.5. The Kier molecular flexibility index (Phi) is 7.92. The lowest BCUT2D eigenvalue weighted by Crippen LogP contribution is -2.62. The third-order valence-electron chi connectivity index (χ3n) is 6.03. The Balaban J connectivity index is 1.92. The maximum absolute atomic E-state index is 14.5. The zero-order chi connectivity index (χ0) is 26.0. The van der Waals surface area contributed by atoms with Gasteiger partial charge in [0.1, 0.15) is 5.69 Å². The third kappa shape index (κ3) is 5.85. The summed E-state index contributed by atoms with van der Waals surface area (Å²) >= 11 is 5.88. The highest BCUT2D eigenvalue weighted by Crippen LogP contribution is 2.29. The number of carbonyl (C=O) groups excluding carboxylic acids is 3. The molecule has 1 aliphatic rings. The zero-order valence-electron chi connectivity index (χ0n) is 19.6. The molecule has 4 N–H and O–H groups in total. The molecule has 0 spiro atoms. The van der Waals surface area contributed by atoms with Crippen LogP contribution in [0.2, 0.25) is 5.02 Å². The van der Waals surface area contributed by atoms with Crippen LogP contribution in [0.1, 0.15) is 36.7 Å². The highest BCUT2D eigenvalue weighted by Gasteiger charge is 2.41. The second-order valence-corrected chi connectivity index (χ2v) is 10.6. The van der Waals surface area contributed by atoms with Gasteiger partial charge in [-0.3, -0.25) is 9.59 Å². The third-order valence-corrected chi connectivity index (χ3v) is 7.76. The number of hydrogen-bond acceptors (Lipinski definition) is 5. The van der Waals surface area contributed by atoms with Crippen molar-refractivity contribution in [2.45, 2.75) is 31.7 Å². The first-order valence-electron chi connectivity index (χ1n) is 10.9. The lowest BCUT2D eigenvalue weighted by molar-refractivity contribution is -0.119. The lowest BCUT2D eigenvalue weighted by atomic mass is 9.86. The van der Waals surface area contributed by atoms with Crippen LogP contribution in [0.3, 0.4) is 0 Å². The Hall–Kier alpha value is -2.90. The SMILES string of the molecule is CNC(=O)NS(=O)(=O)N1CCCC(CCNC(C)=O)(NC(=O)c2cc3c(F)c(Cl)ccc3n2C)C1. The van der Waals surface area contributed by atoms with Gasteiger partial charge in [-0.05, 0) is 37.5 Å². The summed E-state index contributed by atoms with van der Waals surface area (Å²) in [6.45, 7) is 1.55. The number of carbonyl (C=O) groups is 3. The molecule has 0 bridgehead atoms. The quantitative estimate of drug-likeness (QED) is 0.426. The number of fused-ring (bicyclic) bond motifs is 1. The lowest BCUT2D eigenvalue weighted by Gasteiger charge is -2.42. The minimum atomic E-state index is -4.18. The van der Waals surface area contributed by atoms with Crippen molar-refractivity contribution in [3.63, 3.8) is 0 Å². The van der Waals surface area contributed by atoms with Crippen molar-refractivity contribution in [3.05, 3.63) is 34.7 Å². The van der Waals surface area contributed by atoms with Gasteiger partial charge in [0, 0.05) is 46.0 Å². The number of halogens is 2. The molecule has 1 aliphatic heterocycles. The molecule has 1 aromatic carbocycles. The standard InChI is InChI=1S/C21H28ClFN6O5S/c1-13(30)25-9-8-21(7-4-10-29(12-21)35(33,34)27-20(32)24-2)26-19(31)17-11-14-16(28(17)3)6-5-15(22)18(14)23/h5-6,11H,4,7-10,12H2,1-3H3,(H,25,30)(H,26,31)(H2,24,27,32). The van der Waals surface area contributed by atoms with E-state index in [4.69, 9.17) is 11.6 Å². The fourth-order valence-corrected chi connectivity index (χ4v) is 5.66. The van der Waals surface area contributed by atoms with Crippen LogP contribution in [-0.2, 0) is 22.1 Å². The van der Waals surface area contributed by atoms with Crippen molar-refractivity contribution in [1.29, 1.82) is 0 Å². The van der Waals surface area contributed by atoms with E-state index in [1.807, 2.05) is 4.72 Å². The Morgan fingerprint density at radius 3 is 2.63 bits per heavy atom. The Labute approximate surface area is 207 Å². The average Bonchev–Trinajstić information content (AvgIpc) is 3.13. The van der Waals surface area contributed by atoms with Crippen LogP contribution in [-0.4, -0.2) is 67.4 Å². The molecule has 4 amide bonds. The van der Waals surface area contributed by atoms with Crippen LogP contribution in [0, 0.1) is 5.82 Å². The highest BCUT2D eigenvalue weighted by molar-refractivity contribution is 7.87. The van der Waals surface area contributed by atoms with E-state index in [1.165, 1.54) is 30.7 Å². The monoisotopic (exact) mass is 530 g/mol. The average molecular weight is 531 g/mol. The molecular formula is C21H28ClFN6O5S. The smallest absolute Gasteiger partial charge is 0.329 e. The summed E-state index contributed by atoms with van der Waals surface area (Å²) in [5.74, 6) is -1.45. The van der Waals surface area contributed by atoms with E-state index in [0.29, 0.717) is 18.4 Å². The molecule has 1 saturated heterocycles. The van der Waals surface area contributed by atoms with Gasteiger partial charge >= 0.3 is 16.2 Å². The fraction of sp³-hybridized carbons (Fsp3) is 0.476.